The van der Waals surface area contributed by atoms with Gasteiger partial charge >= 0.3 is 11.8 Å². The van der Waals surface area contributed by atoms with Crippen LogP contribution in [0.1, 0.15) is 12.8 Å². The van der Waals surface area contributed by atoms with Crippen molar-refractivity contribution in [3.63, 3.8) is 0 Å². The summed E-state index contributed by atoms with van der Waals surface area (Å²) in [6, 6.07) is 10.1. The first-order chi connectivity index (χ1) is 11.2. The van der Waals surface area contributed by atoms with Crippen LogP contribution in [0.25, 0.3) is 0 Å². The van der Waals surface area contributed by atoms with Gasteiger partial charge in [0, 0.05) is 35.9 Å². The van der Waals surface area contributed by atoms with Crippen LogP contribution in [0, 0.1) is 0 Å². The molecule has 1 aromatic rings. The quantitative estimate of drug-likeness (QED) is 0.614. The summed E-state index contributed by atoms with van der Waals surface area (Å²) in [4.78, 5) is 24.7. The van der Waals surface area contributed by atoms with Crippen LogP contribution >= 0.6 is 11.8 Å². The van der Waals surface area contributed by atoms with Gasteiger partial charge < -0.3 is 15.4 Å². The summed E-state index contributed by atoms with van der Waals surface area (Å²) >= 11 is 1.74. The highest BCUT2D eigenvalue weighted by atomic mass is 32.2. The molecule has 6 heteroatoms. The third-order valence-corrected chi connectivity index (χ3v) is 5.16. The van der Waals surface area contributed by atoms with E-state index in [0.29, 0.717) is 19.8 Å². The Labute approximate surface area is 140 Å². The third-order valence-electron chi connectivity index (χ3n) is 3.67. The van der Waals surface area contributed by atoms with Gasteiger partial charge in [-0.1, -0.05) is 24.3 Å². The van der Waals surface area contributed by atoms with Crippen molar-refractivity contribution in [3.05, 3.63) is 43.0 Å². The zero-order valence-corrected chi connectivity index (χ0v) is 13.9. The SMILES string of the molecule is C=CCNC(=O)C(=O)NCC1(Sc2ccccc2)CCOCC1. The molecule has 0 aliphatic carbocycles. The van der Waals surface area contributed by atoms with E-state index in [1.54, 1.807) is 11.8 Å². The maximum absolute atomic E-state index is 11.9. The lowest BCUT2D eigenvalue weighted by molar-refractivity contribution is -0.139. The fourth-order valence-corrected chi connectivity index (χ4v) is 3.67. The largest absolute Gasteiger partial charge is 0.381 e. The van der Waals surface area contributed by atoms with Gasteiger partial charge in [0.05, 0.1) is 0 Å². The van der Waals surface area contributed by atoms with Crippen LogP contribution in [0.4, 0.5) is 0 Å². The molecule has 1 heterocycles. The summed E-state index contributed by atoms with van der Waals surface area (Å²) in [5.41, 5.74) is 0. The lowest BCUT2D eigenvalue weighted by Gasteiger charge is -2.36. The molecule has 0 aromatic heterocycles. The molecule has 2 N–H and O–H groups in total. The molecule has 5 nitrogen and oxygen atoms in total. The highest BCUT2D eigenvalue weighted by Crippen LogP contribution is 2.39. The van der Waals surface area contributed by atoms with Crippen LogP contribution in [0.3, 0.4) is 0 Å². The maximum Gasteiger partial charge on any atom is 0.309 e. The number of ether oxygens (including phenoxy) is 1. The second-order valence-electron chi connectivity index (χ2n) is 5.39. The highest BCUT2D eigenvalue weighted by Gasteiger charge is 2.34. The van der Waals surface area contributed by atoms with E-state index in [2.05, 4.69) is 29.3 Å². The number of hydrogen-bond acceptors (Lipinski definition) is 4. The predicted octanol–water partition coefficient (Wildman–Crippen LogP) is 1.75. The predicted molar refractivity (Wildman–Crippen MR) is 91.3 cm³/mol. The number of carbonyl (C=O) groups is 2. The molecule has 1 aliphatic heterocycles. The van der Waals surface area contributed by atoms with Crippen molar-refractivity contribution in [2.75, 3.05) is 26.3 Å². The molecule has 0 atom stereocenters. The molecule has 2 rings (SSSR count). The summed E-state index contributed by atoms with van der Waals surface area (Å²) in [5, 5.41) is 5.24. The van der Waals surface area contributed by atoms with Gasteiger partial charge in [0.2, 0.25) is 0 Å². The van der Waals surface area contributed by atoms with E-state index in [9.17, 15) is 9.59 Å². The lowest BCUT2D eigenvalue weighted by Crippen LogP contribution is -2.48. The Balaban J connectivity index is 1.97. The van der Waals surface area contributed by atoms with Crippen LogP contribution < -0.4 is 10.6 Å². The minimum absolute atomic E-state index is 0.145. The Morgan fingerprint density at radius 2 is 1.83 bits per heavy atom. The molecule has 0 spiro atoms. The number of amides is 2. The first-order valence-corrected chi connectivity index (χ1v) is 8.46. The molecule has 0 saturated carbocycles. The molecular formula is C17H22N2O3S. The van der Waals surface area contributed by atoms with E-state index in [4.69, 9.17) is 4.74 Å². The lowest BCUT2D eigenvalue weighted by atomic mass is 9.99. The van der Waals surface area contributed by atoms with Crippen molar-refractivity contribution in [2.45, 2.75) is 22.5 Å². The normalized spacial score (nSPS) is 16.3. The molecule has 1 saturated heterocycles. The van der Waals surface area contributed by atoms with Crippen LogP contribution in [-0.4, -0.2) is 42.9 Å². The van der Waals surface area contributed by atoms with Crippen molar-refractivity contribution in [1.82, 2.24) is 10.6 Å². The minimum atomic E-state index is -0.628. The fraction of sp³-hybridized carbons (Fsp3) is 0.412. The number of rotatable bonds is 6. The van der Waals surface area contributed by atoms with E-state index in [1.807, 2.05) is 18.2 Å². The van der Waals surface area contributed by atoms with Crippen LogP contribution in [0.5, 0.6) is 0 Å². The van der Waals surface area contributed by atoms with E-state index >= 15 is 0 Å². The van der Waals surface area contributed by atoms with Gasteiger partial charge in [-0.2, -0.15) is 0 Å². The molecule has 1 aliphatic rings. The first-order valence-electron chi connectivity index (χ1n) is 7.64. The Morgan fingerprint density at radius 3 is 2.48 bits per heavy atom. The molecule has 1 aromatic carbocycles. The first kappa shape index (κ1) is 17.6. The number of carbonyl (C=O) groups excluding carboxylic acids is 2. The van der Waals surface area contributed by atoms with E-state index in [0.717, 1.165) is 17.7 Å². The number of hydrogen-bond donors (Lipinski definition) is 2. The van der Waals surface area contributed by atoms with Crippen LogP contribution in [0.2, 0.25) is 0 Å². The average molecular weight is 334 g/mol. The topological polar surface area (TPSA) is 67.4 Å². The van der Waals surface area contributed by atoms with Gasteiger partial charge in [0.25, 0.3) is 0 Å². The molecule has 2 amide bonds. The zero-order valence-electron chi connectivity index (χ0n) is 13.0. The van der Waals surface area contributed by atoms with E-state index in [-0.39, 0.29) is 11.3 Å². The molecule has 0 bridgehead atoms. The number of thioether (sulfide) groups is 1. The Kier molecular flexibility index (Phi) is 6.67. The van der Waals surface area contributed by atoms with Gasteiger partial charge in [-0.05, 0) is 25.0 Å². The van der Waals surface area contributed by atoms with Crippen molar-refractivity contribution in [1.29, 1.82) is 0 Å². The zero-order chi connectivity index (χ0) is 16.5. The summed E-state index contributed by atoms with van der Waals surface area (Å²) < 4.78 is 5.31. The van der Waals surface area contributed by atoms with Gasteiger partial charge in [-0.3, -0.25) is 9.59 Å². The fourth-order valence-electron chi connectivity index (χ4n) is 2.36. The van der Waals surface area contributed by atoms with Crippen LogP contribution in [-0.2, 0) is 14.3 Å². The Bertz CT molecular complexity index is 542. The van der Waals surface area contributed by atoms with Gasteiger partial charge in [-0.15, -0.1) is 18.3 Å². The second kappa shape index (κ2) is 8.74. The molecule has 23 heavy (non-hydrogen) atoms. The highest BCUT2D eigenvalue weighted by molar-refractivity contribution is 8.00. The van der Waals surface area contributed by atoms with E-state index in [1.165, 1.54) is 6.08 Å². The Morgan fingerprint density at radius 1 is 1.17 bits per heavy atom. The summed E-state index contributed by atoms with van der Waals surface area (Å²) in [6.07, 6.45) is 3.21. The molecular weight excluding hydrogens is 312 g/mol. The van der Waals surface area contributed by atoms with Gasteiger partial charge in [-0.25, -0.2) is 0 Å². The molecule has 124 valence electrons. The molecule has 1 fully saturated rings. The summed E-state index contributed by atoms with van der Waals surface area (Å²) in [6.45, 7) is 5.56. The smallest absolute Gasteiger partial charge is 0.309 e. The minimum Gasteiger partial charge on any atom is -0.381 e. The monoisotopic (exact) mass is 334 g/mol. The summed E-state index contributed by atoms with van der Waals surface area (Å²) in [7, 11) is 0. The van der Waals surface area contributed by atoms with E-state index < -0.39 is 11.8 Å². The van der Waals surface area contributed by atoms with Crippen molar-refractivity contribution in [2.24, 2.45) is 0 Å². The van der Waals surface area contributed by atoms with Gasteiger partial charge in [0.15, 0.2) is 0 Å². The van der Waals surface area contributed by atoms with Crippen molar-refractivity contribution >= 4 is 23.6 Å². The molecule has 0 radical (unpaired) electrons. The summed E-state index contributed by atoms with van der Waals surface area (Å²) in [5.74, 6) is -1.23. The van der Waals surface area contributed by atoms with Crippen LogP contribution in [0.15, 0.2) is 47.9 Å². The van der Waals surface area contributed by atoms with Crippen molar-refractivity contribution in [3.8, 4) is 0 Å². The Hall–Kier alpha value is -1.79. The van der Waals surface area contributed by atoms with Gasteiger partial charge in [0.1, 0.15) is 0 Å². The van der Waals surface area contributed by atoms with Crippen molar-refractivity contribution < 1.29 is 14.3 Å². The number of nitrogens with one attached hydrogen (secondary N) is 2. The third kappa shape index (κ3) is 5.41. The standard InChI is InChI=1S/C17H22N2O3S/c1-2-10-18-15(20)16(21)19-13-17(8-11-22-12-9-17)23-14-6-4-3-5-7-14/h2-7H,1,8-13H2,(H,18,20)(H,19,21). The number of benzene rings is 1. The molecule has 0 unspecified atom stereocenters. The maximum atomic E-state index is 11.9. The average Bonchev–Trinajstić information content (AvgIpc) is 2.59. The second-order valence-corrected chi connectivity index (χ2v) is 6.93.